The van der Waals surface area contributed by atoms with Gasteiger partial charge < -0.3 is 15.3 Å². The quantitative estimate of drug-likeness (QED) is 0.731. The zero-order chi connectivity index (χ0) is 13.4. The van der Waals surface area contributed by atoms with Crippen molar-refractivity contribution >= 4 is 23.8 Å². The molecule has 0 heterocycles. The molecule has 2 amide bonds. The van der Waals surface area contributed by atoms with Crippen LogP contribution in [-0.4, -0.2) is 52.6 Å². The molecule has 0 aromatic carbocycles. The first-order chi connectivity index (χ1) is 7.93. The number of urea groups is 1. The van der Waals surface area contributed by atoms with Gasteiger partial charge in [0.25, 0.3) is 0 Å². The van der Waals surface area contributed by atoms with Gasteiger partial charge in [-0.1, -0.05) is 0 Å². The Labute approximate surface area is 107 Å². The normalized spacial score (nSPS) is 12.3. The number of amides is 2. The largest absolute Gasteiger partial charge is 0.480 e. The van der Waals surface area contributed by atoms with E-state index in [4.69, 9.17) is 5.11 Å². The van der Waals surface area contributed by atoms with E-state index in [1.165, 1.54) is 0 Å². The van der Waals surface area contributed by atoms with Gasteiger partial charge in [0.05, 0.1) is 0 Å². The van der Waals surface area contributed by atoms with Gasteiger partial charge in [0.15, 0.2) is 0 Å². The fraction of sp³-hybridized carbons (Fsp3) is 0.818. The highest BCUT2D eigenvalue weighted by Crippen LogP contribution is 2.04. The number of carbonyl (C=O) groups is 2. The number of rotatable bonds is 7. The van der Waals surface area contributed by atoms with Crippen LogP contribution in [0.25, 0.3) is 0 Å². The molecule has 1 atom stereocenters. The summed E-state index contributed by atoms with van der Waals surface area (Å²) in [5.41, 5.74) is 0. The van der Waals surface area contributed by atoms with E-state index in [-0.39, 0.29) is 12.1 Å². The molecule has 0 fully saturated rings. The van der Waals surface area contributed by atoms with E-state index in [1.807, 2.05) is 27.0 Å². The van der Waals surface area contributed by atoms with Crippen LogP contribution in [0, 0.1) is 0 Å². The van der Waals surface area contributed by atoms with Gasteiger partial charge in [0.2, 0.25) is 0 Å². The Kier molecular flexibility index (Phi) is 7.78. The van der Waals surface area contributed by atoms with Crippen LogP contribution in [0.4, 0.5) is 4.79 Å². The van der Waals surface area contributed by atoms with Crippen molar-refractivity contribution in [1.29, 1.82) is 0 Å². The number of carboxylic acid groups (broad SMARTS) is 1. The average molecular weight is 262 g/mol. The standard InChI is InChI=1S/C11H22N2O3S/c1-5-13(8(2)3)11(16)12-9(10(14)15)6-7-17-4/h8-9H,5-7H2,1-4H3,(H,12,16)(H,14,15). The van der Waals surface area contributed by atoms with Gasteiger partial charge in [-0.2, -0.15) is 11.8 Å². The second-order valence-electron chi connectivity index (χ2n) is 4.00. The summed E-state index contributed by atoms with van der Waals surface area (Å²) in [7, 11) is 0. The molecule has 6 heteroatoms. The summed E-state index contributed by atoms with van der Waals surface area (Å²) in [5, 5.41) is 11.6. The Bertz CT molecular complexity index is 259. The molecule has 0 saturated heterocycles. The number of hydrogen-bond donors (Lipinski definition) is 2. The van der Waals surface area contributed by atoms with E-state index in [9.17, 15) is 9.59 Å². The molecule has 1 unspecified atom stereocenters. The molecular formula is C11H22N2O3S. The third-order valence-electron chi connectivity index (χ3n) is 2.43. The van der Waals surface area contributed by atoms with E-state index >= 15 is 0 Å². The molecule has 100 valence electrons. The summed E-state index contributed by atoms with van der Waals surface area (Å²) in [6.07, 6.45) is 2.35. The Morgan fingerprint density at radius 3 is 2.35 bits per heavy atom. The number of hydrogen-bond acceptors (Lipinski definition) is 3. The predicted molar refractivity (Wildman–Crippen MR) is 70.5 cm³/mol. The van der Waals surface area contributed by atoms with Gasteiger partial charge in [-0.05, 0) is 39.2 Å². The van der Waals surface area contributed by atoms with Gasteiger partial charge in [-0.15, -0.1) is 0 Å². The number of carbonyl (C=O) groups excluding carboxylic acids is 1. The molecule has 0 aromatic rings. The van der Waals surface area contributed by atoms with Crippen LogP contribution in [0.2, 0.25) is 0 Å². The minimum absolute atomic E-state index is 0.0648. The first-order valence-corrected chi connectivity index (χ1v) is 7.12. The zero-order valence-electron chi connectivity index (χ0n) is 10.9. The van der Waals surface area contributed by atoms with Crippen molar-refractivity contribution in [3.8, 4) is 0 Å². The predicted octanol–water partition coefficient (Wildman–Crippen LogP) is 1.63. The second kappa shape index (κ2) is 8.22. The molecule has 17 heavy (non-hydrogen) atoms. The van der Waals surface area contributed by atoms with Crippen LogP contribution < -0.4 is 5.32 Å². The topological polar surface area (TPSA) is 69.6 Å². The summed E-state index contributed by atoms with van der Waals surface area (Å²) in [6.45, 7) is 6.25. The molecule has 0 rings (SSSR count). The summed E-state index contributed by atoms with van der Waals surface area (Å²) >= 11 is 1.57. The van der Waals surface area contributed by atoms with Gasteiger partial charge >= 0.3 is 12.0 Å². The van der Waals surface area contributed by atoms with Crippen molar-refractivity contribution in [2.24, 2.45) is 0 Å². The lowest BCUT2D eigenvalue weighted by Crippen LogP contribution is -2.50. The number of nitrogens with zero attached hydrogens (tertiary/aromatic N) is 1. The van der Waals surface area contributed by atoms with Crippen LogP contribution >= 0.6 is 11.8 Å². The minimum Gasteiger partial charge on any atom is -0.480 e. The molecular weight excluding hydrogens is 240 g/mol. The molecule has 0 aliphatic carbocycles. The molecule has 5 nitrogen and oxygen atoms in total. The number of carboxylic acids is 1. The fourth-order valence-corrected chi connectivity index (χ4v) is 1.94. The van der Waals surface area contributed by atoms with Crippen molar-refractivity contribution in [3.63, 3.8) is 0 Å². The third-order valence-corrected chi connectivity index (χ3v) is 3.08. The molecule has 2 N–H and O–H groups in total. The highest BCUT2D eigenvalue weighted by molar-refractivity contribution is 7.98. The number of nitrogens with one attached hydrogen (secondary N) is 1. The molecule has 0 aliphatic rings. The maximum absolute atomic E-state index is 11.8. The summed E-state index contributed by atoms with van der Waals surface area (Å²) in [6, 6.07) is -1.05. The Hall–Kier alpha value is -0.910. The highest BCUT2D eigenvalue weighted by Gasteiger charge is 2.23. The second-order valence-corrected chi connectivity index (χ2v) is 4.99. The van der Waals surface area contributed by atoms with Gasteiger partial charge in [0, 0.05) is 12.6 Å². The van der Waals surface area contributed by atoms with Crippen LogP contribution in [0.1, 0.15) is 27.2 Å². The lowest BCUT2D eigenvalue weighted by atomic mass is 10.2. The van der Waals surface area contributed by atoms with Crippen molar-refractivity contribution < 1.29 is 14.7 Å². The summed E-state index contributed by atoms with van der Waals surface area (Å²) < 4.78 is 0. The van der Waals surface area contributed by atoms with Gasteiger partial charge in [-0.25, -0.2) is 9.59 Å². The van der Waals surface area contributed by atoms with Gasteiger partial charge in [0.1, 0.15) is 6.04 Å². The summed E-state index contributed by atoms with van der Waals surface area (Å²) in [5.74, 6) is -0.266. The maximum Gasteiger partial charge on any atom is 0.326 e. The number of aliphatic carboxylic acids is 1. The average Bonchev–Trinajstić information content (AvgIpc) is 2.24. The Morgan fingerprint density at radius 2 is 2.00 bits per heavy atom. The molecule has 0 aromatic heterocycles. The fourth-order valence-electron chi connectivity index (χ4n) is 1.47. The number of thioether (sulfide) groups is 1. The Morgan fingerprint density at radius 1 is 1.41 bits per heavy atom. The van der Waals surface area contributed by atoms with E-state index < -0.39 is 12.0 Å². The van der Waals surface area contributed by atoms with Gasteiger partial charge in [-0.3, -0.25) is 0 Å². The van der Waals surface area contributed by atoms with Crippen LogP contribution in [-0.2, 0) is 4.79 Å². The Balaban J connectivity index is 4.43. The SMILES string of the molecule is CCN(C(=O)NC(CCSC)C(=O)O)C(C)C. The zero-order valence-corrected chi connectivity index (χ0v) is 11.7. The monoisotopic (exact) mass is 262 g/mol. The molecule has 0 spiro atoms. The molecule has 0 bridgehead atoms. The minimum atomic E-state index is -0.979. The lowest BCUT2D eigenvalue weighted by Gasteiger charge is -2.27. The molecule has 0 aliphatic heterocycles. The molecule has 0 radical (unpaired) electrons. The first kappa shape index (κ1) is 16.1. The van der Waals surface area contributed by atoms with Crippen molar-refractivity contribution in [2.45, 2.75) is 39.3 Å². The van der Waals surface area contributed by atoms with Crippen LogP contribution in [0.5, 0.6) is 0 Å². The van der Waals surface area contributed by atoms with E-state index in [1.54, 1.807) is 16.7 Å². The maximum atomic E-state index is 11.8. The van der Waals surface area contributed by atoms with E-state index in [0.717, 1.165) is 0 Å². The molecule has 0 saturated carbocycles. The van der Waals surface area contributed by atoms with Crippen LogP contribution in [0.3, 0.4) is 0 Å². The van der Waals surface area contributed by atoms with Crippen molar-refractivity contribution in [2.75, 3.05) is 18.6 Å². The first-order valence-electron chi connectivity index (χ1n) is 5.72. The van der Waals surface area contributed by atoms with E-state index in [0.29, 0.717) is 18.7 Å². The lowest BCUT2D eigenvalue weighted by molar-refractivity contribution is -0.139. The highest BCUT2D eigenvalue weighted by atomic mass is 32.2. The van der Waals surface area contributed by atoms with Crippen LogP contribution in [0.15, 0.2) is 0 Å². The summed E-state index contributed by atoms with van der Waals surface area (Å²) in [4.78, 5) is 24.4. The third kappa shape index (κ3) is 5.81. The van der Waals surface area contributed by atoms with Crippen molar-refractivity contribution in [3.05, 3.63) is 0 Å². The van der Waals surface area contributed by atoms with Crippen molar-refractivity contribution in [1.82, 2.24) is 10.2 Å². The van der Waals surface area contributed by atoms with E-state index in [2.05, 4.69) is 5.32 Å². The smallest absolute Gasteiger partial charge is 0.326 e.